The maximum atomic E-state index is 5.98. The number of aryl methyl sites for hydroxylation is 1. The van der Waals surface area contributed by atoms with E-state index < -0.39 is 0 Å². The summed E-state index contributed by atoms with van der Waals surface area (Å²) in [6.07, 6.45) is 5.35. The molecular weight excluding hydrogens is 182 g/mol. The van der Waals surface area contributed by atoms with E-state index >= 15 is 0 Å². The highest BCUT2D eigenvalue weighted by Gasteiger charge is 2.05. The number of nitrogens with one attached hydrogen (secondary N) is 1. The molecule has 1 aromatic rings. The summed E-state index contributed by atoms with van der Waals surface area (Å²) in [5, 5.41) is 3.78. The van der Waals surface area contributed by atoms with E-state index in [1.807, 2.05) is 32.2 Å². The average Bonchev–Trinajstić information content (AvgIpc) is 2.13. The highest BCUT2D eigenvalue weighted by molar-refractivity contribution is 6.31. The minimum Gasteiger partial charge on any atom is -0.303 e. The first kappa shape index (κ1) is 10.1. The predicted molar refractivity (Wildman–Crippen MR) is 56.8 cm³/mol. The number of hydrogen-bond donors (Lipinski definition) is 1. The van der Waals surface area contributed by atoms with Gasteiger partial charge in [-0.15, -0.1) is 6.42 Å². The smallest absolute Gasteiger partial charge is 0.0941 e. The fourth-order valence-corrected chi connectivity index (χ4v) is 1.32. The van der Waals surface area contributed by atoms with Crippen LogP contribution in [-0.2, 0) is 0 Å². The third kappa shape index (κ3) is 2.24. The van der Waals surface area contributed by atoms with E-state index in [1.54, 1.807) is 0 Å². The van der Waals surface area contributed by atoms with Crippen molar-refractivity contribution in [2.75, 3.05) is 7.05 Å². The number of halogens is 1. The van der Waals surface area contributed by atoms with Gasteiger partial charge in [-0.2, -0.15) is 0 Å². The molecule has 0 radical (unpaired) electrons. The molecule has 0 saturated heterocycles. The van der Waals surface area contributed by atoms with Crippen LogP contribution >= 0.6 is 11.6 Å². The van der Waals surface area contributed by atoms with Gasteiger partial charge in [-0.1, -0.05) is 29.7 Å². The molecule has 0 amide bonds. The number of benzene rings is 1. The van der Waals surface area contributed by atoms with Gasteiger partial charge in [-0.05, 0) is 31.2 Å². The van der Waals surface area contributed by atoms with Crippen LogP contribution in [0.1, 0.15) is 17.2 Å². The summed E-state index contributed by atoms with van der Waals surface area (Å²) in [6, 6.07) is 5.80. The van der Waals surface area contributed by atoms with Crippen molar-refractivity contribution < 1.29 is 0 Å². The maximum Gasteiger partial charge on any atom is 0.0941 e. The Hall–Kier alpha value is -0.970. The molecule has 13 heavy (non-hydrogen) atoms. The Kier molecular flexibility index (Phi) is 3.36. The van der Waals surface area contributed by atoms with Crippen molar-refractivity contribution in [3.8, 4) is 12.3 Å². The van der Waals surface area contributed by atoms with Gasteiger partial charge in [0.2, 0.25) is 0 Å². The minimum absolute atomic E-state index is 0.0573. The van der Waals surface area contributed by atoms with Gasteiger partial charge >= 0.3 is 0 Å². The van der Waals surface area contributed by atoms with Crippen LogP contribution in [0.3, 0.4) is 0 Å². The zero-order valence-electron chi connectivity index (χ0n) is 7.76. The summed E-state index contributed by atoms with van der Waals surface area (Å²) in [5.41, 5.74) is 2.10. The molecule has 0 bridgehead atoms. The van der Waals surface area contributed by atoms with Crippen LogP contribution in [-0.4, -0.2) is 7.05 Å². The quantitative estimate of drug-likeness (QED) is 0.712. The molecule has 68 valence electrons. The summed E-state index contributed by atoms with van der Waals surface area (Å²) >= 11 is 5.98. The third-order valence-corrected chi connectivity index (χ3v) is 2.39. The van der Waals surface area contributed by atoms with Crippen LogP contribution in [0.5, 0.6) is 0 Å². The van der Waals surface area contributed by atoms with Gasteiger partial charge < -0.3 is 5.32 Å². The van der Waals surface area contributed by atoms with Crippen LogP contribution in [0, 0.1) is 19.3 Å². The van der Waals surface area contributed by atoms with Crippen LogP contribution < -0.4 is 5.32 Å². The van der Waals surface area contributed by atoms with Crippen molar-refractivity contribution in [1.82, 2.24) is 5.32 Å². The second-order valence-electron chi connectivity index (χ2n) is 2.90. The molecule has 0 aromatic heterocycles. The zero-order valence-corrected chi connectivity index (χ0v) is 8.52. The van der Waals surface area contributed by atoms with Crippen LogP contribution in [0.25, 0.3) is 0 Å². The minimum atomic E-state index is -0.0573. The molecule has 1 aromatic carbocycles. The molecule has 0 aliphatic heterocycles. The zero-order chi connectivity index (χ0) is 9.84. The number of hydrogen-bond acceptors (Lipinski definition) is 1. The molecule has 1 atom stereocenters. The van der Waals surface area contributed by atoms with Crippen LogP contribution in [0.4, 0.5) is 0 Å². The van der Waals surface area contributed by atoms with E-state index in [0.717, 1.165) is 16.1 Å². The Bertz CT molecular complexity index is 338. The fraction of sp³-hybridized carbons (Fsp3) is 0.273. The Morgan fingerprint density at radius 3 is 2.69 bits per heavy atom. The summed E-state index contributed by atoms with van der Waals surface area (Å²) in [7, 11) is 1.83. The van der Waals surface area contributed by atoms with E-state index in [9.17, 15) is 0 Å². The summed E-state index contributed by atoms with van der Waals surface area (Å²) < 4.78 is 0. The first-order valence-electron chi connectivity index (χ1n) is 4.08. The van der Waals surface area contributed by atoms with Crippen LogP contribution in [0.15, 0.2) is 18.2 Å². The monoisotopic (exact) mass is 193 g/mol. The molecule has 0 heterocycles. The van der Waals surface area contributed by atoms with Gasteiger partial charge in [0.15, 0.2) is 0 Å². The molecule has 0 saturated carbocycles. The molecule has 2 heteroatoms. The lowest BCUT2D eigenvalue weighted by molar-refractivity contribution is 0.736. The SMILES string of the molecule is C#CC(NC)c1ccc(C)c(Cl)c1. The van der Waals surface area contributed by atoms with E-state index in [0.29, 0.717) is 0 Å². The largest absolute Gasteiger partial charge is 0.303 e. The van der Waals surface area contributed by atoms with Crippen molar-refractivity contribution in [2.45, 2.75) is 13.0 Å². The van der Waals surface area contributed by atoms with Gasteiger partial charge in [0.1, 0.15) is 0 Å². The highest BCUT2D eigenvalue weighted by atomic mass is 35.5. The van der Waals surface area contributed by atoms with E-state index in [4.69, 9.17) is 18.0 Å². The van der Waals surface area contributed by atoms with E-state index in [2.05, 4.69) is 11.2 Å². The second-order valence-corrected chi connectivity index (χ2v) is 3.30. The first-order chi connectivity index (χ1) is 6.19. The van der Waals surface area contributed by atoms with Crippen molar-refractivity contribution in [3.63, 3.8) is 0 Å². The van der Waals surface area contributed by atoms with Gasteiger partial charge in [-0.3, -0.25) is 0 Å². The fourth-order valence-electron chi connectivity index (χ4n) is 1.13. The summed E-state index contributed by atoms with van der Waals surface area (Å²) in [4.78, 5) is 0. The molecule has 1 unspecified atom stereocenters. The lowest BCUT2D eigenvalue weighted by Gasteiger charge is -2.10. The molecule has 0 aliphatic rings. The second kappa shape index (κ2) is 4.32. The Morgan fingerprint density at radius 2 is 2.23 bits per heavy atom. The normalized spacial score (nSPS) is 12.2. The predicted octanol–water partition coefficient (Wildman–Crippen LogP) is 2.54. The standard InChI is InChI=1S/C11H12ClN/c1-4-11(13-3)9-6-5-8(2)10(12)7-9/h1,5-7,11,13H,2-3H3. The van der Waals surface area contributed by atoms with Gasteiger partial charge in [-0.25, -0.2) is 0 Å². The topological polar surface area (TPSA) is 12.0 Å². The van der Waals surface area contributed by atoms with Crippen molar-refractivity contribution in [3.05, 3.63) is 34.3 Å². The third-order valence-electron chi connectivity index (χ3n) is 1.98. The first-order valence-corrected chi connectivity index (χ1v) is 4.46. The Labute approximate surface area is 84.1 Å². The maximum absolute atomic E-state index is 5.98. The molecule has 1 N–H and O–H groups in total. The molecule has 0 fully saturated rings. The lowest BCUT2D eigenvalue weighted by Crippen LogP contribution is -2.13. The van der Waals surface area contributed by atoms with Crippen molar-refractivity contribution >= 4 is 11.6 Å². The number of rotatable bonds is 2. The average molecular weight is 194 g/mol. The van der Waals surface area contributed by atoms with Gasteiger partial charge in [0.05, 0.1) is 6.04 Å². The molecule has 0 spiro atoms. The van der Waals surface area contributed by atoms with Crippen molar-refractivity contribution in [2.24, 2.45) is 0 Å². The van der Waals surface area contributed by atoms with Gasteiger partial charge in [0, 0.05) is 5.02 Å². The molecule has 1 rings (SSSR count). The molecular formula is C11H12ClN. The van der Waals surface area contributed by atoms with Gasteiger partial charge in [0.25, 0.3) is 0 Å². The summed E-state index contributed by atoms with van der Waals surface area (Å²) in [6.45, 7) is 1.97. The van der Waals surface area contributed by atoms with Crippen molar-refractivity contribution in [1.29, 1.82) is 0 Å². The van der Waals surface area contributed by atoms with E-state index in [1.165, 1.54) is 0 Å². The highest BCUT2D eigenvalue weighted by Crippen LogP contribution is 2.20. The number of terminal acetylenes is 1. The Balaban J connectivity index is 3.04. The van der Waals surface area contributed by atoms with E-state index in [-0.39, 0.29) is 6.04 Å². The molecule has 1 nitrogen and oxygen atoms in total. The summed E-state index contributed by atoms with van der Waals surface area (Å²) in [5.74, 6) is 2.64. The lowest BCUT2D eigenvalue weighted by atomic mass is 10.1. The molecule has 0 aliphatic carbocycles. The Morgan fingerprint density at radius 1 is 1.54 bits per heavy atom. The van der Waals surface area contributed by atoms with Crippen LogP contribution in [0.2, 0.25) is 5.02 Å².